The van der Waals surface area contributed by atoms with E-state index in [1.54, 1.807) is 12.1 Å². The van der Waals surface area contributed by atoms with E-state index in [0.29, 0.717) is 12.0 Å². The van der Waals surface area contributed by atoms with E-state index in [0.717, 1.165) is 30.6 Å². The predicted molar refractivity (Wildman–Crippen MR) is 116 cm³/mol. The molecule has 0 bridgehead atoms. The molecule has 1 unspecified atom stereocenters. The molecule has 1 aromatic carbocycles. The molecule has 1 aromatic rings. The summed E-state index contributed by atoms with van der Waals surface area (Å²) in [7, 11) is -3.05. The minimum absolute atomic E-state index is 0.00214. The molecular formula is C21H30N2O4S2. The largest absolute Gasteiger partial charge is 0.353 e. The first-order valence-corrected chi connectivity index (χ1v) is 13.3. The van der Waals surface area contributed by atoms with Gasteiger partial charge in [0.2, 0.25) is 5.91 Å². The Labute approximate surface area is 177 Å². The number of hydrogen-bond donors (Lipinski definition) is 2. The molecular weight excluding hydrogens is 408 g/mol. The molecule has 1 aliphatic carbocycles. The number of amides is 2. The van der Waals surface area contributed by atoms with E-state index in [1.807, 2.05) is 12.1 Å². The standard InChI is InChI=1S/C21H30N2O4S2/c24-20(22-16-8-4-2-1-3-5-9-16)14-28-19-11-7-6-10-18(19)21(25)23-17-12-13-29(26,27)15-17/h6-7,10-11,16-17H,1-5,8-9,12-15H2,(H,22,24)(H,23,25). The van der Waals surface area contributed by atoms with E-state index in [-0.39, 0.29) is 41.2 Å². The van der Waals surface area contributed by atoms with Crippen LogP contribution in [0.25, 0.3) is 0 Å². The van der Waals surface area contributed by atoms with Gasteiger partial charge in [0.1, 0.15) is 0 Å². The maximum atomic E-state index is 12.6. The molecule has 2 fully saturated rings. The minimum Gasteiger partial charge on any atom is -0.353 e. The Kier molecular flexibility index (Phi) is 8.00. The summed E-state index contributed by atoms with van der Waals surface area (Å²) in [6, 6.07) is 7.08. The van der Waals surface area contributed by atoms with Gasteiger partial charge in [0.25, 0.3) is 5.91 Å². The van der Waals surface area contributed by atoms with Gasteiger partial charge in [0.15, 0.2) is 9.84 Å². The molecule has 8 heteroatoms. The summed E-state index contributed by atoms with van der Waals surface area (Å²) >= 11 is 1.35. The summed E-state index contributed by atoms with van der Waals surface area (Å²) in [5.74, 6) is 0.0971. The van der Waals surface area contributed by atoms with Crippen molar-refractivity contribution in [3.05, 3.63) is 29.8 Å². The third kappa shape index (κ3) is 7.03. The minimum atomic E-state index is -3.05. The van der Waals surface area contributed by atoms with Crippen LogP contribution >= 0.6 is 11.8 Å². The second-order valence-electron chi connectivity index (χ2n) is 7.97. The first-order chi connectivity index (χ1) is 13.9. The van der Waals surface area contributed by atoms with Crippen molar-refractivity contribution in [2.24, 2.45) is 0 Å². The van der Waals surface area contributed by atoms with E-state index in [2.05, 4.69) is 10.6 Å². The molecule has 3 rings (SSSR count). The Morgan fingerprint density at radius 3 is 2.31 bits per heavy atom. The van der Waals surface area contributed by atoms with Crippen molar-refractivity contribution < 1.29 is 18.0 Å². The average molecular weight is 439 g/mol. The van der Waals surface area contributed by atoms with Crippen LogP contribution in [0, 0.1) is 0 Å². The zero-order valence-electron chi connectivity index (χ0n) is 16.7. The third-order valence-electron chi connectivity index (χ3n) is 5.53. The van der Waals surface area contributed by atoms with Crippen LogP contribution < -0.4 is 10.6 Å². The van der Waals surface area contributed by atoms with Crippen LogP contribution in [0.5, 0.6) is 0 Å². The fraction of sp³-hybridized carbons (Fsp3) is 0.619. The SMILES string of the molecule is O=C(CSc1ccccc1C(=O)NC1CCS(=O)(=O)C1)NC1CCCCCCC1. The lowest BCUT2D eigenvalue weighted by atomic mass is 9.97. The molecule has 1 heterocycles. The van der Waals surface area contributed by atoms with Gasteiger partial charge in [-0.2, -0.15) is 0 Å². The molecule has 1 atom stereocenters. The van der Waals surface area contributed by atoms with Gasteiger partial charge in [-0.15, -0.1) is 11.8 Å². The Bertz CT molecular complexity index is 818. The molecule has 160 valence electrons. The number of sulfone groups is 1. The van der Waals surface area contributed by atoms with E-state index >= 15 is 0 Å². The van der Waals surface area contributed by atoms with Crippen molar-refractivity contribution in [2.75, 3.05) is 17.3 Å². The molecule has 2 amide bonds. The van der Waals surface area contributed by atoms with Gasteiger partial charge >= 0.3 is 0 Å². The highest BCUT2D eigenvalue weighted by molar-refractivity contribution is 8.00. The monoisotopic (exact) mass is 438 g/mol. The summed E-state index contributed by atoms with van der Waals surface area (Å²) in [4.78, 5) is 25.8. The molecule has 0 spiro atoms. The molecule has 6 nitrogen and oxygen atoms in total. The molecule has 0 aromatic heterocycles. The van der Waals surface area contributed by atoms with Crippen molar-refractivity contribution in [3.8, 4) is 0 Å². The number of carbonyl (C=O) groups excluding carboxylic acids is 2. The fourth-order valence-corrected chi connectivity index (χ4v) is 6.50. The zero-order valence-corrected chi connectivity index (χ0v) is 18.3. The quantitative estimate of drug-likeness (QED) is 0.666. The highest BCUT2D eigenvalue weighted by Crippen LogP contribution is 2.24. The Hall–Kier alpha value is -1.54. The topological polar surface area (TPSA) is 92.3 Å². The Morgan fingerprint density at radius 2 is 1.62 bits per heavy atom. The number of benzene rings is 1. The lowest BCUT2D eigenvalue weighted by molar-refractivity contribution is -0.119. The summed E-state index contributed by atoms with van der Waals surface area (Å²) in [5.41, 5.74) is 0.487. The zero-order chi connectivity index (χ0) is 20.7. The molecule has 29 heavy (non-hydrogen) atoms. The van der Waals surface area contributed by atoms with Crippen LogP contribution in [-0.2, 0) is 14.6 Å². The highest BCUT2D eigenvalue weighted by atomic mass is 32.2. The number of thioether (sulfide) groups is 1. The number of rotatable bonds is 6. The van der Waals surface area contributed by atoms with Gasteiger partial charge in [-0.1, -0.05) is 44.2 Å². The van der Waals surface area contributed by atoms with Gasteiger partial charge < -0.3 is 10.6 Å². The van der Waals surface area contributed by atoms with Crippen molar-refractivity contribution in [1.29, 1.82) is 0 Å². The van der Waals surface area contributed by atoms with Gasteiger partial charge in [-0.05, 0) is 31.4 Å². The summed E-state index contributed by atoms with van der Waals surface area (Å²) < 4.78 is 23.2. The van der Waals surface area contributed by atoms with Crippen LogP contribution in [0.3, 0.4) is 0 Å². The Balaban J connectivity index is 1.53. The van der Waals surface area contributed by atoms with Crippen LogP contribution in [0.4, 0.5) is 0 Å². The van der Waals surface area contributed by atoms with E-state index in [1.165, 1.54) is 31.0 Å². The van der Waals surface area contributed by atoms with Crippen molar-refractivity contribution in [1.82, 2.24) is 10.6 Å². The van der Waals surface area contributed by atoms with Crippen LogP contribution in [0.15, 0.2) is 29.2 Å². The average Bonchev–Trinajstić information content (AvgIpc) is 3.00. The second-order valence-corrected chi connectivity index (χ2v) is 11.2. The number of carbonyl (C=O) groups is 2. The maximum Gasteiger partial charge on any atom is 0.252 e. The smallest absolute Gasteiger partial charge is 0.252 e. The highest BCUT2D eigenvalue weighted by Gasteiger charge is 2.29. The lowest BCUT2D eigenvalue weighted by Gasteiger charge is -2.21. The van der Waals surface area contributed by atoms with E-state index in [4.69, 9.17) is 0 Å². The molecule has 1 aliphatic heterocycles. The summed E-state index contributed by atoms with van der Waals surface area (Å²) in [5, 5.41) is 5.97. The first-order valence-electron chi connectivity index (χ1n) is 10.5. The number of hydrogen-bond acceptors (Lipinski definition) is 5. The molecule has 1 saturated carbocycles. The third-order valence-corrected chi connectivity index (χ3v) is 8.37. The fourth-order valence-electron chi connectivity index (χ4n) is 3.97. The lowest BCUT2D eigenvalue weighted by Crippen LogP contribution is -2.36. The van der Waals surface area contributed by atoms with Crippen molar-refractivity contribution >= 4 is 33.4 Å². The van der Waals surface area contributed by atoms with Crippen LogP contribution in [-0.4, -0.2) is 49.6 Å². The summed E-state index contributed by atoms with van der Waals surface area (Å²) in [6.07, 6.45) is 8.64. The van der Waals surface area contributed by atoms with Gasteiger partial charge in [0.05, 0.1) is 22.8 Å². The van der Waals surface area contributed by atoms with Crippen LogP contribution in [0.1, 0.15) is 61.7 Å². The molecule has 2 N–H and O–H groups in total. The maximum absolute atomic E-state index is 12.6. The Morgan fingerprint density at radius 1 is 0.931 bits per heavy atom. The van der Waals surface area contributed by atoms with Gasteiger partial charge in [-0.3, -0.25) is 9.59 Å². The van der Waals surface area contributed by atoms with Crippen molar-refractivity contribution in [3.63, 3.8) is 0 Å². The molecule has 1 saturated heterocycles. The number of nitrogens with one attached hydrogen (secondary N) is 2. The second kappa shape index (κ2) is 10.5. The van der Waals surface area contributed by atoms with Crippen molar-refractivity contribution in [2.45, 2.75) is 68.3 Å². The van der Waals surface area contributed by atoms with Crippen LogP contribution in [0.2, 0.25) is 0 Å². The molecule has 2 aliphatic rings. The van der Waals surface area contributed by atoms with Gasteiger partial charge in [0, 0.05) is 17.0 Å². The molecule has 0 radical (unpaired) electrons. The summed E-state index contributed by atoms with van der Waals surface area (Å²) in [6.45, 7) is 0. The first kappa shape index (κ1) is 22.2. The van der Waals surface area contributed by atoms with Gasteiger partial charge in [-0.25, -0.2) is 8.42 Å². The predicted octanol–water partition coefficient (Wildman–Crippen LogP) is 2.92. The van der Waals surface area contributed by atoms with E-state index < -0.39 is 9.84 Å². The van der Waals surface area contributed by atoms with E-state index in [9.17, 15) is 18.0 Å². The normalized spacial score (nSPS) is 22.4.